The summed E-state index contributed by atoms with van der Waals surface area (Å²) in [5, 5.41) is 0. The van der Waals surface area contributed by atoms with Gasteiger partial charge in [-0.25, -0.2) is 0 Å². The zero-order valence-electron chi connectivity index (χ0n) is 10.4. The minimum Gasteiger partial charge on any atom is -0.297 e. The van der Waals surface area contributed by atoms with Crippen LogP contribution in [-0.2, 0) is 6.54 Å². The van der Waals surface area contributed by atoms with Gasteiger partial charge in [-0.15, -0.1) is 35.6 Å². The van der Waals surface area contributed by atoms with Crippen LogP contribution in [0.5, 0.6) is 0 Å². The monoisotopic (exact) mass is 295 g/mol. The summed E-state index contributed by atoms with van der Waals surface area (Å²) in [6.07, 6.45) is 0. The average Bonchev–Trinajstić information content (AvgIpc) is 2.23. The summed E-state index contributed by atoms with van der Waals surface area (Å²) < 4.78 is 0. The van der Waals surface area contributed by atoms with Gasteiger partial charge in [0.15, 0.2) is 0 Å². The van der Waals surface area contributed by atoms with Crippen LogP contribution in [0.2, 0.25) is 0 Å². The standard InChI is InChI=1S/C13H19Cl2N.ClH/c1-11-3-4-13(12(2)9-11)10-16(7-5-14)8-6-15;/h3-4,9H,5-8,10H2,1-2H3;1H. The molecule has 0 saturated carbocycles. The Morgan fingerprint density at radius 1 is 1.06 bits per heavy atom. The molecule has 98 valence electrons. The molecule has 0 unspecified atom stereocenters. The van der Waals surface area contributed by atoms with Gasteiger partial charge >= 0.3 is 0 Å². The van der Waals surface area contributed by atoms with Crippen molar-refractivity contribution in [2.75, 3.05) is 24.8 Å². The van der Waals surface area contributed by atoms with Crippen molar-refractivity contribution in [3.8, 4) is 0 Å². The molecule has 1 aromatic carbocycles. The van der Waals surface area contributed by atoms with Crippen molar-refractivity contribution in [3.05, 3.63) is 34.9 Å². The van der Waals surface area contributed by atoms with Crippen LogP contribution in [0, 0.1) is 13.8 Å². The highest BCUT2D eigenvalue weighted by atomic mass is 35.5. The predicted octanol–water partition coefficient (Wildman–Crippen LogP) is 4.00. The quantitative estimate of drug-likeness (QED) is 0.717. The van der Waals surface area contributed by atoms with Gasteiger partial charge in [-0.3, -0.25) is 4.90 Å². The third kappa shape index (κ3) is 5.96. The first-order valence-electron chi connectivity index (χ1n) is 5.57. The Kier molecular flexibility index (Phi) is 9.07. The van der Waals surface area contributed by atoms with Crippen LogP contribution in [0.25, 0.3) is 0 Å². The van der Waals surface area contributed by atoms with Crippen molar-refractivity contribution in [1.29, 1.82) is 0 Å². The Bertz CT molecular complexity index is 322. The van der Waals surface area contributed by atoms with E-state index in [0.717, 1.165) is 19.6 Å². The largest absolute Gasteiger partial charge is 0.297 e. The molecule has 0 heterocycles. The van der Waals surface area contributed by atoms with E-state index < -0.39 is 0 Å². The van der Waals surface area contributed by atoms with E-state index in [0.29, 0.717) is 11.8 Å². The fourth-order valence-electron chi connectivity index (χ4n) is 1.77. The number of hydrogen-bond acceptors (Lipinski definition) is 1. The molecule has 0 aromatic heterocycles. The number of aryl methyl sites for hydroxylation is 2. The molecule has 0 aliphatic carbocycles. The zero-order valence-corrected chi connectivity index (χ0v) is 12.7. The molecule has 4 heteroatoms. The lowest BCUT2D eigenvalue weighted by atomic mass is 10.1. The van der Waals surface area contributed by atoms with E-state index in [2.05, 4.69) is 36.9 Å². The number of benzene rings is 1. The van der Waals surface area contributed by atoms with Gasteiger partial charge < -0.3 is 0 Å². The molecule has 0 saturated heterocycles. The van der Waals surface area contributed by atoms with Crippen molar-refractivity contribution in [1.82, 2.24) is 4.90 Å². The summed E-state index contributed by atoms with van der Waals surface area (Å²) in [4.78, 5) is 2.29. The lowest BCUT2D eigenvalue weighted by molar-refractivity contribution is 0.299. The first kappa shape index (κ1) is 17.1. The van der Waals surface area contributed by atoms with Crippen molar-refractivity contribution in [2.45, 2.75) is 20.4 Å². The first-order chi connectivity index (χ1) is 7.67. The normalized spacial score (nSPS) is 10.4. The highest BCUT2D eigenvalue weighted by Crippen LogP contribution is 2.13. The Labute approximate surface area is 121 Å². The van der Waals surface area contributed by atoms with Gasteiger partial charge in [0.1, 0.15) is 0 Å². The van der Waals surface area contributed by atoms with Crippen LogP contribution < -0.4 is 0 Å². The topological polar surface area (TPSA) is 3.24 Å². The molecule has 0 radical (unpaired) electrons. The number of halogens is 3. The fraction of sp³-hybridized carbons (Fsp3) is 0.538. The first-order valence-corrected chi connectivity index (χ1v) is 6.64. The van der Waals surface area contributed by atoms with Crippen molar-refractivity contribution >= 4 is 35.6 Å². The minimum absolute atomic E-state index is 0. The molecular weight excluding hydrogens is 277 g/mol. The number of nitrogens with zero attached hydrogens (tertiary/aromatic N) is 1. The smallest absolute Gasteiger partial charge is 0.0351 e. The van der Waals surface area contributed by atoms with Crippen LogP contribution in [0.1, 0.15) is 16.7 Å². The molecule has 1 aromatic rings. The average molecular weight is 297 g/mol. The molecule has 17 heavy (non-hydrogen) atoms. The second-order valence-corrected chi connectivity index (χ2v) is 4.84. The van der Waals surface area contributed by atoms with Gasteiger partial charge in [0.2, 0.25) is 0 Å². The summed E-state index contributed by atoms with van der Waals surface area (Å²) >= 11 is 11.6. The lowest BCUT2D eigenvalue weighted by Gasteiger charge is -2.21. The molecule has 1 rings (SSSR count). The van der Waals surface area contributed by atoms with Crippen LogP contribution >= 0.6 is 35.6 Å². The number of hydrogen-bond donors (Lipinski definition) is 0. The molecule has 0 aliphatic rings. The van der Waals surface area contributed by atoms with Gasteiger partial charge in [-0.2, -0.15) is 0 Å². The Hall–Kier alpha value is 0.0500. The maximum absolute atomic E-state index is 5.78. The van der Waals surface area contributed by atoms with E-state index >= 15 is 0 Å². The van der Waals surface area contributed by atoms with E-state index in [1.165, 1.54) is 16.7 Å². The second kappa shape index (κ2) is 9.04. The van der Waals surface area contributed by atoms with Gasteiger partial charge in [0, 0.05) is 31.4 Å². The van der Waals surface area contributed by atoms with Crippen LogP contribution in [0.4, 0.5) is 0 Å². The summed E-state index contributed by atoms with van der Waals surface area (Å²) in [5.41, 5.74) is 4.01. The molecular formula is C13H20Cl3N. The van der Waals surface area contributed by atoms with E-state index in [1.54, 1.807) is 0 Å². The van der Waals surface area contributed by atoms with Gasteiger partial charge in [-0.05, 0) is 25.0 Å². The number of alkyl halides is 2. The molecule has 0 fully saturated rings. The Balaban J connectivity index is 0.00000256. The Morgan fingerprint density at radius 2 is 1.65 bits per heavy atom. The van der Waals surface area contributed by atoms with Crippen LogP contribution in [0.3, 0.4) is 0 Å². The molecule has 0 aliphatic heterocycles. The highest BCUT2D eigenvalue weighted by molar-refractivity contribution is 6.18. The fourth-order valence-corrected chi connectivity index (χ4v) is 2.25. The summed E-state index contributed by atoms with van der Waals surface area (Å²) in [6, 6.07) is 6.57. The Morgan fingerprint density at radius 3 is 2.12 bits per heavy atom. The maximum atomic E-state index is 5.78. The summed E-state index contributed by atoms with van der Waals surface area (Å²) in [7, 11) is 0. The lowest BCUT2D eigenvalue weighted by Crippen LogP contribution is -2.27. The van der Waals surface area contributed by atoms with Gasteiger partial charge in [-0.1, -0.05) is 23.8 Å². The molecule has 0 amide bonds. The van der Waals surface area contributed by atoms with Crippen molar-refractivity contribution in [3.63, 3.8) is 0 Å². The van der Waals surface area contributed by atoms with E-state index in [-0.39, 0.29) is 12.4 Å². The van der Waals surface area contributed by atoms with Gasteiger partial charge in [0.25, 0.3) is 0 Å². The molecule has 0 bridgehead atoms. The SMILES string of the molecule is Cc1ccc(CN(CCCl)CCCl)c(C)c1.Cl. The number of rotatable bonds is 6. The zero-order chi connectivity index (χ0) is 12.0. The van der Waals surface area contributed by atoms with E-state index in [4.69, 9.17) is 23.2 Å². The van der Waals surface area contributed by atoms with Gasteiger partial charge in [0.05, 0.1) is 0 Å². The summed E-state index contributed by atoms with van der Waals surface area (Å²) in [6.45, 7) is 6.99. The minimum atomic E-state index is 0. The predicted molar refractivity (Wildman–Crippen MR) is 79.9 cm³/mol. The van der Waals surface area contributed by atoms with E-state index in [9.17, 15) is 0 Å². The molecule has 0 spiro atoms. The molecule has 0 N–H and O–H groups in total. The third-order valence-electron chi connectivity index (χ3n) is 2.69. The highest BCUT2D eigenvalue weighted by Gasteiger charge is 2.06. The van der Waals surface area contributed by atoms with E-state index in [1.807, 2.05) is 0 Å². The second-order valence-electron chi connectivity index (χ2n) is 4.08. The maximum Gasteiger partial charge on any atom is 0.0351 e. The van der Waals surface area contributed by atoms with Crippen molar-refractivity contribution < 1.29 is 0 Å². The summed E-state index contributed by atoms with van der Waals surface area (Å²) in [5.74, 6) is 1.31. The molecule has 1 nitrogen and oxygen atoms in total. The van der Waals surface area contributed by atoms with Crippen molar-refractivity contribution in [2.24, 2.45) is 0 Å². The third-order valence-corrected chi connectivity index (χ3v) is 3.03. The molecule has 0 atom stereocenters. The van der Waals surface area contributed by atoms with Crippen LogP contribution in [0.15, 0.2) is 18.2 Å². The van der Waals surface area contributed by atoms with Crippen LogP contribution in [-0.4, -0.2) is 29.7 Å².